The highest BCUT2D eigenvalue weighted by molar-refractivity contribution is 7.72. The van der Waals surface area contributed by atoms with Crippen LogP contribution in [0, 0.1) is 0 Å². The van der Waals surface area contributed by atoms with Crippen molar-refractivity contribution in [3.05, 3.63) is 0 Å². The van der Waals surface area contributed by atoms with Gasteiger partial charge in [0.15, 0.2) is 0 Å². The Morgan fingerprint density at radius 3 is 1.89 bits per heavy atom. The summed E-state index contributed by atoms with van der Waals surface area (Å²) in [4.78, 5) is 0. The van der Waals surface area contributed by atoms with E-state index in [1.807, 2.05) is 0 Å². The molecule has 0 aromatic rings. The maximum absolute atomic E-state index is 2.49. The van der Waals surface area contributed by atoms with Gasteiger partial charge >= 0.3 is 0 Å². The minimum Gasteiger partial charge on any atom is -0.268 e. The van der Waals surface area contributed by atoms with Gasteiger partial charge in [0, 0.05) is 10.8 Å². The van der Waals surface area contributed by atoms with Crippen LogP contribution in [0.2, 0.25) is 0 Å². The minimum atomic E-state index is 0.978. The molecule has 9 heavy (non-hydrogen) atoms. The van der Waals surface area contributed by atoms with E-state index in [0.717, 1.165) is 28.3 Å². The third-order valence-electron chi connectivity index (χ3n) is 1.27. The molecule has 4 unspecified atom stereocenters. The van der Waals surface area contributed by atoms with E-state index in [1.165, 1.54) is 8.58 Å². The van der Waals surface area contributed by atoms with E-state index >= 15 is 0 Å². The lowest BCUT2D eigenvalue weighted by Crippen LogP contribution is -2.08. The lowest BCUT2D eigenvalue weighted by atomic mass is 10.9. The fourth-order valence-corrected chi connectivity index (χ4v) is 8.97. The fourth-order valence-electron chi connectivity index (χ4n) is 1.07. The number of rotatable bonds is 0. The second-order valence-corrected chi connectivity index (χ2v) is 9.68. The maximum Gasteiger partial charge on any atom is 0.00515 e. The molecule has 1 saturated heterocycles. The van der Waals surface area contributed by atoms with Gasteiger partial charge in [-0.3, -0.25) is 4.44 Å². The monoisotopic (exact) mass is 181 g/mol. The van der Waals surface area contributed by atoms with Crippen LogP contribution in [0.5, 0.6) is 0 Å². The SMILES string of the molecule is CC1PC(C)PN(C)P1. The van der Waals surface area contributed by atoms with Crippen LogP contribution in [0.25, 0.3) is 0 Å². The maximum atomic E-state index is 2.49. The van der Waals surface area contributed by atoms with Gasteiger partial charge in [-0.1, -0.05) is 13.8 Å². The van der Waals surface area contributed by atoms with E-state index in [1.54, 1.807) is 0 Å². The van der Waals surface area contributed by atoms with E-state index in [9.17, 15) is 0 Å². The Morgan fingerprint density at radius 1 is 1.11 bits per heavy atom. The summed E-state index contributed by atoms with van der Waals surface area (Å²) in [6, 6.07) is 0. The first kappa shape index (κ1) is 8.35. The molecule has 54 valence electrons. The highest BCUT2D eigenvalue weighted by Crippen LogP contribution is 2.55. The van der Waals surface area contributed by atoms with Gasteiger partial charge in [0.05, 0.1) is 0 Å². The molecule has 0 bridgehead atoms. The molecule has 1 aliphatic heterocycles. The van der Waals surface area contributed by atoms with E-state index in [0.29, 0.717) is 0 Å². The molecule has 0 N–H and O–H groups in total. The molecule has 4 heteroatoms. The molecule has 0 radical (unpaired) electrons. The summed E-state index contributed by atoms with van der Waals surface area (Å²) in [6.07, 6.45) is 0. The van der Waals surface area contributed by atoms with Crippen molar-refractivity contribution in [2.45, 2.75) is 24.6 Å². The molecule has 1 heterocycles. The minimum absolute atomic E-state index is 0.978. The lowest BCUT2D eigenvalue weighted by molar-refractivity contribution is 0.893. The molecule has 1 aliphatic rings. The van der Waals surface area contributed by atoms with Crippen LogP contribution in [0.1, 0.15) is 13.8 Å². The standard InChI is InChI=1S/C5H14NP3/c1-4-7-5(2)9-6(3)8-4/h4-5,7-9H,1-3H3. The zero-order chi connectivity index (χ0) is 6.85. The van der Waals surface area contributed by atoms with Crippen molar-refractivity contribution in [3.8, 4) is 0 Å². The van der Waals surface area contributed by atoms with Crippen LogP contribution in [0.4, 0.5) is 0 Å². The van der Waals surface area contributed by atoms with E-state index in [4.69, 9.17) is 0 Å². The molecule has 1 fully saturated rings. The van der Waals surface area contributed by atoms with Gasteiger partial charge < -0.3 is 0 Å². The van der Waals surface area contributed by atoms with Gasteiger partial charge in [-0.2, -0.15) is 0 Å². The number of hydrogen-bond donors (Lipinski definition) is 0. The summed E-state index contributed by atoms with van der Waals surface area (Å²) in [5.74, 6) is 0. The van der Waals surface area contributed by atoms with Crippen LogP contribution in [-0.2, 0) is 0 Å². The summed E-state index contributed by atoms with van der Waals surface area (Å²) < 4.78 is 2.49. The molecule has 4 atom stereocenters. The van der Waals surface area contributed by atoms with Gasteiger partial charge in [-0.05, 0) is 24.5 Å². The average molecular weight is 181 g/mol. The molecule has 0 aromatic heterocycles. The summed E-state index contributed by atoms with van der Waals surface area (Å²) in [5.41, 5.74) is 0. The van der Waals surface area contributed by atoms with Crippen LogP contribution >= 0.6 is 26.0 Å². The molecular formula is C5H14NP3. The molecule has 0 aromatic carbocycles. The first-order valence-electron chi connectivity index (χ1n) is 3.20. The van der Waals surface area contributed by atoms with Gasteiger partial charge in [0.1, 0.15) is 0 Å². The molecule has 0 saturated carbocycles. The van der Waals surface area contributed by atoms with Crippen LogP contribution in [0.15, 0.2) is 0 Å². The Balaban J connectivity index is 2.34. The van der Waals surface area contributed by atoms with Gasteiger partial charge in [-0.15, -0.1) is 8.58 Å². The Morgan fingerprint density at radius 2 is 1.56 bits per heavy atom. The second kappa shape index (κ2) is 3.59. The van der Waals surface area contributed by atoms with Crippen molar-refractivity contribution in [2.24, 2.45) is 0 Å². The second-order valence-electron chi connectivity index (χ2n) is 2.43. The van der Waals surface area contributed by atoms with Gasteiger partial charge in [0.25, 0.3) is 0 Å². The Kier molecular flexibility index (Phi) is 3.33. The van der Waals surface area contributed by atoms with Crippen molar-refractivity contribution in [1.82, 2.24) is 4.44 Å². The van der Waals surface area contributed by atoms with Crippen molar-refractivity contribution >= 4 is 26.0 Å². The van der Waals surface area contributed by atoms with Crippen molar-refractivity contribution < 1.29 is 0 Å². The number of nitrogens with zero attached hydrogens (tertiary/aromatic N) is 1. The van der Waals surface area contributed by atoms with E-state index in [-0.39, 0.29) is 0 Å². The summed E-state index contributed by atoms with van der Waals surface area (Å²) in [7, 11) is 5.65. The van der Waals surface area contributed by atoms with Crippen molar-refractivity contribution in [3.63, 3.8) is 0 Å². The third-order valence-corrected chi connectivity index (χ3v) is 6.37. The first-order valence-corrected chi connectivity index (χ1v) is 6.41. The lowest BCUT2D eigenvalue weighted by Gasteiger charge is -2.31. The van der Waals surface area contributed by atoms with Crippen LogP contribution in [-0.4, -0.2) is 22.3 Å². The zero-order valence-corrected chi connectivity index (χ0v) is 9.10. The number of hydrogen-bond acceptors (Lipinski definition) is 1. The Hall–Kier alpha value is 1.25. The average Bonchev–Trinajstić information content (AvgIpc) is 1.59. The largest absolute Gasteiger partial charge is 0.268 e. The molecular weight excluding hydrogens is 167 g/mol. The normalized spacial score (nSPS) is 47.0. The van der Waals surface area contributed by atoms with E-state index < -0.39 is 0 Å². The predicted octanol–water partition coefficient (Wildman–Crippen LogP) is 2.49. The van der Waals surface area contributed by atoms with Crippen LogP contribution in [0.3, 0.4) is 0 Å². The molecule has 0 aliphatic carbocycles. The Bertz CT molecular complexity index is 73.2. The van der Waals surface area contributed by atoms with Gasteiger partial charge in [-0.25, -0.2) is 0 Å². The highest BCUT2D eigenvalue weighted by atomic mass is 31.2. The molecule has 0 spiro atoms. The molecule has 1 rings (SSSR count). The quantitative estimate of drug-likeness (QED) is 0.519. The summed E-state index contributed by atoms with van der Waals surface area (Å²) >= 11 is 0. The Labute approximate surface area is 62.8 Å². The predicted molar refractivity (Wildman–Crippen MR) is 51.6 cm³/mol. The van der Waals surface area contributed by atoms with Crippen LogP contribution < -0.4 is 0 Å². The molecule has 0 amide bonds. The first-order chi connectivity index (χ1) is 4.18. The van der Waals surface area contributed by atoms with Crippen molar-refractivity contribution in [2.75, 3.05) is 7.05 Å². The highest BCUT2D eigenvalue weighted by Gasteiger charge is 2.17. The van der Waals surface area contributed by atoms with E-state index in [2.05, 4.69) is 25.3 Å². The van der Waals surface area contributed by atoms with Crippen molar-refractivity contribution in [1.29, 1.82) is 0 Å². The summed E-state index contributed by atoms with van der Waals surface area (Å²) in [6.45, 7) is 4.74. The fraction of sp³-hybridized carbons (Fsp3) is 1.00. The third kappa shape index (κ3) is 2.77. The zero-order valence-electron chi connectivity index (χ0n) is 6.10. The topological polar surface area (TPSA) is 3.24 Å². The smallest absolute Gasteiger partial charge is 0.00515 e. The molecule has 1 nitrogen and oxygen atoms in total. The van der Waals surface area contributed by atoms with Gasteiger partial charge in [0.2, 0.25) is 0 Å². The summed E-state index contributed by atoms with van der Waals surface area (Å²) in [5, 5.41) is 1.96.